The van der Waals surface area contributed by atoms with Gasteiger partial charge in [0.2, 0.25) is 0 Å². The number of nitro groups is 1. The molecule has 0 aromatic heterocycles. The molecule has 2 aromatic carbocycles. The first-order chi connectivity index (χ1) is 9.61. The van der Waals surface area contributed by atoms with E-state index in [0.717, 1.165) is 11.1 Å². The molecule has 0 bridgehead atoms. The number of anilines is 1. The number of nitrogens with one attached hydrogen (secondary N) is 1. The molecule has 0 aliphatic heterocycles. The molecule has 0 spiro atoms. The van der Waals surface area contributed by atoms with E-state index in [9.17, 15) is 10.1 Å². The van der Waals surface area contributed by atoms with Gasteiger partial charge < -0.3 is 11.1 Å². The molecule has 2 aromatic rings. The molecular formula is C15H17N3O2. The molecule has 0 aliphatic carbocycles. The number of aryl methyl sites for hydroxylation is 1. The highest BCUT2D eigenvalue weighted by atomic mass is 16.6. The minimum atomic E-state index is -0.352. The van der Waals surface area contributed by atoms with E-state index in [1.165, 1.54) is 0 Å². The van der Waals surface area contributed by atoms with Crippen molar-refractivity contribution in [3.8, 4) is 0 Å². The summed E-state index contributed by atoms with van der Waals surface area (Å²) in [7, 11) is 0. The lowest BCUT2D eigenvalue weighted by molar-refractivity contribution is -0.384. The van der Waals surface area contributed by atoms with Crippen LogP contribution in [0.1, 0.15) is 16.7 Å². The van der Waals surface area contributed by atoms with E-state index in [-0.39, 0.29) is 10.6 Å². The van der Waals surface area contributed by atoms with Crippen molar-refractivity contribution in [2.45, 2.75) is 20.0 Å². The minimum Gasteiger partial charge on any atom is -0.375 e. The van der Waals surface area contributed by atoms with Crippen molar-refractivity contribution >= 4 is 11.4 Å². The standard InChI is InChI=1S/C15H17N3O2/c1-11-3-2-4-14(15(11)18(19)20)17-10-13-7-5-12(9-16)6-8-13/h2-8,17H,9-10,16H2,1H3. The molecule has 2 rings (SSSR count). The topological polar surface area (TPSA) is 81.2 Å². The first-order valence-electron chi connectivity index (χ1n) is 6.37. The average molecular weight is 271 g/mol. The van der Waals surface area contributed by atoms with E-state index in [4.69, 9.17) is 5.73 Å². The number of rotatable bonds is 5. The van der Waals surface area contributed by atoms with Crippen LogP contribution in [0.4, 0.5) is 11.4 Å². The van der Waals surface area contributed by atoms with Crippen molar-refractivity contribution in [1.82, 2.24) is 0 Å². The van der Waals surface area contributed by atoms with Gasteiger partial charge >= 0.3 is 0 Å². The Bertz CT molecular complexity index is 609. The lowest BCUT2D eigenvalue weighted by atomic mass is 10.1. The van der Waals surface area contributed by atoms with E-state index in [1.807, 2.05) is 30.3 Å². The van der Waals surface area contributed by atoms with Crippen LogP contribution in [-0.4, -0.2) is 4.92 Å². The molecule has 104 valence electrons. The Kier molecular flexibility index (Phi) is 4.32. The molecule has 0 saturated carbocycles. The SMILES string of the molecule is Cc1cccc(NCc2ccc(CN)cc2)c1[N+](=O)[O-]. The Morgan fingerprint density at radius 1 is 1.15 bits per heavy atom. The number of para-hydroxylation sites is 1. The Morgan fingerprint density at radius 2 is 1.80 bits per heavy atom. The molecule has 0 radical (unpaired) electrons. The third-order valence-electron chi connectivity index (χ3n) is 3.16. The van der Waals surface area contributed by atoms with Gasteiger partial charge in [-0.1, -0.05) is 36.4 Å². The van der Waals surface area contributed by atoms with Crippen LogP contribution in [0.25, 0.3) is 0 Å². The van der Waals surface area contributed by atoms with Gasteiger partial charge in [-0.15, -0.1) is 0 Å². The maximum absolute atomic E-state index is 11.1. The van der Waals surface area contributed by atoms with Crippen LogP contribution in [0, 0.1) is 17.0 Å². The van der Waals surface area contributed by atoms with Crippen molar-refractivity contribution in [1.29, 1.82) is 0 Å². The normalized spacial score (nSPS) is 10.3. The van der Waals surface area contributed by atoms with Crippen LogP contribution in [0.5, 0.6) is 0 Å². The Balaban J connectivity index is 2.14. The third-order valence-corrected chi connectivity index (χ3v) is 3.16. The summed E-state index contributed by atoms with van der Waals surface area (Å²) in [5.41, 5.74) is 8.98. The molecule has 5 nitrogen and oxygen atoms in total. The van der Waals surface area contributed by atoms with Gasteiger partial charge in [-0.3, -0.25) is 10.1 Å². The van der Waals surface area contributed by atoms with Crippen LogP contribution in [0.2, 0.25) is 0 Å². The number of nitrogens with two attached hydrogens (primary N) is 1. The fourth-order valence-electron chi connectivity index (χ4n) is 2.03. The number of nitrogens with zero attached hydrogens (tertiary/aromatic N) is 1. The fourth-order valence-corrected chi connectivity index (χ4v) is 2.03. The minimum absolute atomic E-state index is 0.131. The Hall–Kier alpha value is -2.40. The summed E-state index contributed by atoms with van der Waals surface area (Å²) in [6, 6.07) is 13.1. The summed E-state index contributed by atoms with van der Waals surface area (Å²) < 4.78 is 0. The maximum atomic E-state index is 11.1. The van der Waals surface area contributed by atoms with E-state index in [0.29, 0.717) is 24.3 Å². The second kappa shape index (κ2) is 6.16. The third kappa shape index (κ3) is 3.13. The maximum Gasteiger partial charge on any atom is 0.295 e. The van der Waals surface area contributed by atoms with Crippen LogP contribution in [-0.2, 0) is 13.1 Å². The highest BCUT2D eigenvalue weighted by Gasteiger charge is 2.16. The predicted molar refractivity (Wildman–Crippen MR) is 79.5 cm³/mol. The Labute approximate surface area is 117 Å². The number of hydrogen-bond acceptors (Lipinski definition) is 4. The summed E-state index contributed by atoms with van der Waals surface area (Å²) in [6.45, 7) is 2.78. The number of benzene rings is 2. The summed E-state index contributed by atoms with van der Waals surface area (Å²) in [6.07, 6.45) is 0. The zero-order valence-corrected chi connectivity index (χ0v) is 11.3. The van der Waals surface area contributed by atoms with Gasteiger partial charge in [0.1, 0.15) is 5.69 Å². The van der Waals surface area contributed by atoms with E-state index >= 15 is 0 Å². The highest BCUT2D eigenvalue weighted by Crippen LogP contribution is 2.28. The van der Waals surface area contributed by atoms with Crippen LogP contribution >= 0.6 is 0 Å². The molecular weight excluding hydrogens is 254 g/mol. The van der Waals surface area contributed by atoms with E-state index < -0.39 is 0 Å². The zero-order valence-electron chi connectivity index (χ0n) is 11.3. The summed E-state index contributed by atoms with van der Waals surface area (Å²) in [5.74, 6) is 0. The van der Waals surface area contributed by atoms with Crippen molar-refractivity contribution in [2.75, 3.05) is 5.32 Å². The van der Waals surface area contributed by atoms with Gasteiger partial charge in [-0.25, -0.2) is 0 Å². The molecule has 0 unspecified atom stereocenters. The average Bonchev–Trinajstić information content (AvgIpc) is 2.45. The largest absolute Gasteiger partial charge is 0.375 e. The van der Waals surface area contributed by atoms with Gasteiger partial charge in [0, 0.05) is 18.7 Å². The molecule has 0 heterocycles. The summed E-state index contributed by atoms with van der Waals surface area (Å²) in [5, 5.41) is 14.2. The molecule has 3 N–H and O–H groups in total. The second-order valence-corrected chi connectivity index (χ2v) is 4.60. The molecule has 0 aliphatic rings. The highest BCUT2D eigenvalue weighted by molar-refractivity contribution is 5.65. The number of hydrogen-bond donors (Lipinski definition) is 2. The van der Waals surface area contributed by atoms with Gasteiger partial charge in [-0.2, -0.15) is 0 Å². The molecule has 0 fully saturated rings. The van der Waals surface area contributed by atoms with E-state index in [1.54, 1.807) is 19.1 Å². The summed E-state index contributed by atoms with van der Waals surface area (Å²) in [4.78, 5) is 10.7. The van der Waals surface area contributed by atoms with Crippen molar-refractivity contribution in [3.63, 3.8) is 0 Å². The lowest BCUT2D eigenvalue weighted by Gasteiger charge is -2.09. The quantitative estimate of drug-likeness (QED) is 0.647. The molecule has 0 atom stereocenters. The van der Waals surface area contributed by atoms with Crippen LogP contribution < -0.4 is 11.1 Å². The van der Waals surface area contributed by atoms with Crippen molar-refractivity contribution in [3.05, 3.63) is 69.3 Å². The first kappa shape index (κ1) is 14.0. The molecule has 20 heavy (non-hydrogen) atoms. The zero-order chi connectivity index (χ0) is 14.5. The Morgan fingerprint density at radius 3 is 2.40 bits per heavy atom. The van der Waals surface area contributed by atoms with Gasteiger partial charge in [0.05, 0.1) is 4.92 Å². The van der Waals surface area contributed by atoms with Gasteiger partial charge in [-0.05, 0) is 24.1 Å². The van der Waals surface area contributed by atoms with Gasteiger partial charge in [0.15, 0.2) is 0 Å². The molecule has 0 amide bonds. The lowest BCUT2D eigenvalue weighted by Crippen LogP contribution is -2.04. The number of nitro benzene ring substituents is 1. The fraction of sp³-hybridized carbons (Fsp3) is 0.200. The van der Waals surface area contributed by atoms with E-state index in [2.05, 4.69) is 5.32 Å². The van der Waals surface area contributed by atoms with Crippen LogP contribution in [0.15, 0.2) is 42.5 Å². The monoisotopic (exact) mass is 271 g/mol. The second-order valence-electron chi connectivity index (χ2n) is 4.60. The molecule has 5 heteroatoms. The molecule has 0 saturated heterocycles. The first-order valence-corrected chi connectivity index (χ1v) is 6.37. The van der Waals surface area contributed by atoms with Crippen molar-refractivity contribution < 1.29 is 4.92 Å². The predicted octanol–water partition coefficient (Wildman–Crippen LogP) is 2.97. The van der Waals surface area contributed by atoms with Crippen molar-refractivity contribution in [2.24, 2.45) is 5.73 Å². The smallest absolute Gasteiger partial charge is 0.295 e. The van der Waals surface area contributed by atoms with Gasteiger partial charge in [0.25, 0.3) is 5.69 Å². The summed E-state index contributed by atoms with van der Waals surface area (Å²) >= 11 is 0. The van der Waals surface area contributed by atoms with Crippen LogP contribution in [0.3, 0.4) is 0 Å².